The van der Waals surface area contributed by atoms with E-state index in [9.17, 15) is 9.90 Å². The number of aliphatic carboxylic acids is 1. The van der Waals surface area contributed by atoms with Gasteiger partial charge in [-0.1, -0.05) is 66.2 Å². The Kier molecular flexibility index (Phi) is 16.7. The molecule has 0 fully saturated rings. The Bertz CT molecular complexity index is 261. The Morgan fingerprint density at radius 2 is 1.32 bits per heavy atom. The highest BCUT2D eigenvalue weighted by atomic mass is 16.4. The lowest BCUT2D eigenvalue weighted by atomic mass is 9.65. The topological polar surface area (TPSA) is 92.5 Å². The van der Waals surface area contributed by atoms with Crippen LogP contribution in [0.25, 0.3) is 0 Å². The van der Waals surface area contributed by atoms with Crippen molar-refractivity contribution >= 4 is 5.97 Å². The van der Waals surface area contributed by atoms with E-state index in [1.807, 2.05) is 13.8 Å². The van der Waals surface area contributed by atoms with E-state index in [2.05, 4.69) is 27.7 Å². The molecule has 0 radical (unpaired) electrons. The molecule has 0 aliphatic rings. The molecule has 0 unspecified atom stereocenters. The average Bonchev–Trinajstić information content (AvgIpc) is 2.39. The van der Waals surface area contributed by atoms with E-state index in [-0.39, 0.29) is 11.6 Å². The molecule has 0 rings (SSSR count). The Balaban J connectivity index is -0.000000520. The largest absolute Gasteiger partial charge is 0.481 e. The van der Waals surface area contributed by atoms with Gasteiger partial charge in [-0.2, -0.15) is 0 Å². The van der Waals surface area contributed by atoms with Crippen LogP contribution in [-0.4, -0.2) is 22.8 Å². The first kappa shape index (κ1) is 26.3. The van der Waals surface area contributed by atoms with Gasteiger partial charge in [0.05, 0.1) is 5.41 Å². The number of unbranched alkanes of at least 4 members (excludes halogenated alkanes) is 5. The lowest BCUT2D eigenvalue weighted by molar-refractivity contribution is -0.154. The molecule has 0 aliphatic carbocycles. The first-order valence-corrected chi connectivity index (χ1v) is 8.51. The Hall–Kier alpha value is -0.610. The third-order valence-corrected chi connectivity index (χ3v) is 4.64. The monoisotopic (exact) mass is 319 g/mol. The van der Waals surface area contributed by atoms with Crippen LogP contribution in [0.2, 0.25) is 0 Å². The molecule has 0 amide bonds. The number of aliphatic hydroxyl groups is 1. The van der Waals surface area contributed by atoms with E-state index in [1.54, 1.807) is 0 Å². The quantitative estimate of drug-likeness (QED) is 0.468. The van der Waals surface area contributed by atoms with E-state index in [4.69, 9.17) is 5.11 Å². The number of rotatable bonds is 10. The van der Waals surface area contributed by atoms with Crippen molar-refractivity contribution in [1.82, 2.24) is 6.15 Å². The molecule has 0 spiro atoms. The molecule has 22 heavy (non-hydrogen) atoms. The second-order valence-corrected chi connectivity index (χ2v) is 7.06. The molecule has 0 bridgehead atoms. The zero-order valence-corrected chi connectivity index (χ0v) is 15.9. The fourth-order valence-electron chi connectivity index (χ4n) is 1.93. The molecule has 136 valence electrons. The summed E-state index contributed by atoms with van der Waals surface area (Å²) < 4.78 is 0. The van der Waals surface area contributed by atoms with Gasteiger partial charge in [-0.3, -0.25) is 4.79 Å². The Labute approximate surface area is 138 Å². The van der Waals surface area contributed by atoms with E-state index < -0.39 is 11.4 Å². The molecule has 0 aliphatic heterocycles. The molecule has 0 atom stereocenters. The van der Waals surface area contributed by atoms with Crippen LogP contribution in [0.15, 0.2) is 0 Å². The molecular formula is C18H41NO3. The normalized spacial score (nSPS) is 11.2. The van der Waals surface area contributed by atoms with Gasteiger partial charge in [0.2, 0.25) is 0 Å². The van der Waals surface area contributed by atoms with E-state index in [0.29, 0.717) is 6.61 Å². The van der Waals surface area contributed by atoms with Gasteiger partial charge in [0.1, 0.15) is 0 Å². The first-order chi connectivity index (χ1) is 9.67. The number of carboxylic acid groups (broad SMARTS) is 1. The molecule has 0 saturated heterocycles. The molecule has 4 nitrogen and oxygen atoms in total. The summed E-state index contributed by atoms with van der Waals surface area (Å²) in [7, 11) is 0. The average molecular weight is 320 g/mol. The predicted molar refractivity (Wildman–Crippen MR) is 95.6 cm³/mol. The van der Waals surface area contributed by atoms with Crippen LogP contribution in [0.5, 0.6) is 0 Å². The van der Waals surface area contributed by atoms with Crippen LogP contribution in [0.1, 0.15) is 92.9 Å². The third-order valence-electron chi connectivity index (χ3n) is 4.64. The van der Waals surface area contributed by atoms with Crippen molar-refractivity contribution in [2.24, 2.45) is 10.8 Å². The first-order valence-electron chi connectivity index (χ1n) is 8.51. The molecule has 0 saturated carbocycles. The van der Waals surface area contributed by atoms with Crippen LogP contribution in [0.3, 0.4) is 0 Å². The highest BCUT2D eigenvalue weighted by Gasteiger charge is 2.42. The minimum absolute atomic E-state index is 0. The SMILES string of the molecule is CCCCCCCC(C)(C)C(C)(C)C(=O)O.CCCCO.N. The minimum atomic E-state index is -0.689. The molecule has 4 heteroatoms. The number of aliphatic hydroxyl groups excluding tert-OH is 1. The highest BCUT2D eigenvalue weighted by Crippen LogP contribution is 2.42. The van der Waals surface area contributed by atoms with Crippen molar-refractivity contribution in [3.8, 4) is 0 Å². The van der Waals surface area contributed by atoms with E-state index in [0.717, 1.165) is 25.7 Å². The summed E-state index contributed by atoms with van der Waals surface area (Å²) in [5.74, 6) is -0.689. The lowest BCUT2D eigenvalue weighted by Crippen LogP contribution is -2.39. The van der Waals surface area contributed by atoms with Gasteiger partial charge in [-0.25, -0.2) is 0 Å². The summed E-state index contributed by atoms with van der Waals surface area (Å²) in [5.41, 5.74) is -0.775. The summed E-state index contributed by atoms with van der Waals surface area (Å²) in [5, 5.41) is 17.3. The minimum Gasteiger partial charge on any atom is -0.481 e. The van der Waals surface area contributed by atoms with Gasteiger partial charge < -0.3 is 16.4 Å². The maximum atomic E-state index is 11.2. The number of hydrogen-bond donors (Lipinski definition) is 3. The van der Waals surface area contributed by atoms with Crippen LogP contribution >= 0.6 is 0 Å². The van der Waals surface area contributed by atoms with Crippen LogP contribution in [0.4, 0.5) is 0 Å². The summed E-state index contributed by atoms with van der Waals surface area (Å²) in [6.45, 7) is 12.4. The number of carbonyl (C=O) groups is 1. The van der Waals surface area contributed by atoms with Crippen molar-refractivity contribution in [3.05, 3.63) is 0 Å². The Morgan fingerprint density at radius 3 is 1.64 bits per heavy atom. The molecule has 0 heterocycles. The number of carboxylic acids is 1. The molecule has 0 aromatic rings. The maximum Gasteiger partial charge on any atom is 0.309 e. The van der Waals surface area contributed by atoms with Gasteiger partial charge >= 0.3 is 5.97 Å². The predicted octanol–water partition coefficient (Wildman–Crippen LogP) is 5.42. The van der Waals surface area contributed by atoms with E-state index in [1.165, 1.54) is 25.7 Å². The summed E-state index contributed by atoms with van der Waals surface area (Å²) in [4.78, 5) is 11.2. The zero-order chi connectivity index (χ0) is 16.9. The van der Waals surface area contributed by atoms with Crippen LogP contribution in [-0.2, 0) is 4.79 Å². The molecule has 0 aromatic carbocycles. The van der Waals surface area contributed by atoms with Crippen molar-refractivity contribution in [3.63, 3.8) is 0 Å². The number of hydrogen-bond acceptors (Lipinski definition) is 3. The summed E-state index contributed by atoms with van der Waals surface area (Å²) in [6.07, 6.45) is 9.23. The standard InChI is InChI=1S/C14H28O2.C4H10O.H3N/c1-6-7-8-9-10-11-13(2,3)14(4,5)12(15)16;1-2-3-4-5;/h6-11H2,1-5H3,(H,15,16);5H,2-4H2,1H3;1H3. The summed E-state index contributed by atoms with van der Waals surface area (Å²) >= 11 is 0. The zero-order valence-electron chi connectivity index (χ0n) is 15.9. The fourth-order valence-corrected chi connectivity index (χ4v) is 1.93. The van der Waals surface area contributed by atoms with Crippen LogP contribution in [0, 0.1) is 10.8 Å². The van der Waals surface area contributed by atoms with Crippen molar-refractivity contribution in [2.75, 3.05) is 6.61 Å². The smallest absolute Gasteiger partial charge is 0.309 e. The van der Waals surface area contributed by atoms with Crippen molar-refractivity contribution in [2.45, 2.75) is 92.9 Å². The van der Waals surface area contributed by atoms with Gasteiger partial charge in [-0.05, 0) is 32.1 Å². The fraction of sp³-hybridized carbons (Fsp3) is 0.944. The molecule has 0 aromatic heterocycles. The van der Waals surface area contributed by atoms with E-state index >= 15 is 0 Å². The lowest BCUT2D eigenvalue weighted by Gasteiger charge is -2.38. The van der Waals surface area contributed by atoms with Gasteiger partial charge in [0.15, 0.2) is 0 Å². The van der Waals surface area contributed by atoms with Gasteiger partial charge in [0, 0.05) is 6.61 Å². The third kappa shape index (κ3) is 11.0. The highest BCUT2D eigenvalue weighted by molar-refractivity contribution is 5.74. The molecular weight excluding hydrogens is 278 g/mol. The van der Waals surface area contributed by atoms with Gasteiger partial charge in [0.25, 0.3) is 0 Å². The summed E-state index contributed by atoms with van der Waals surface area (Å²) in [6, 6.07) is 0. The Morgan fingerprint density at radius 1 is 0.864 bits per heavy atom. The van der Waals surface area contributed by atoms with Crippen molar-refractivity contribution < 1.29 is 15.0 Å². The van der Waals surface area contributed by atoms with Gasteiger partial charge in [-0.15, -0.1) is 0 Å². The molecule has 5 N–H and O–H groups in total. The second kappa shape index (κ2) is 14.0. The van der Waals surface area contributed by atoms with Crippen molar-refractivity contribution in [1.29, 1.82) is 0 Å². The van der Waals surface area contributed by atoms with Crippen LogP contribution < -0.4 is 6.15 Å². The maximum absolute atomic E-state index is 11.2. The second-order valence-electron chi connectivity index (χ2n) is 7.06.